The van der Waals surface area contributed by atoms with Crippen LogP contribution in [0.25, 0.3) is 0 Å². The summed E-state index contributed by atoms with van der Waals surface area (Å²) in [6, 6.07) is 6.49. The van der Waals surface area contributed by atoms with Crippen molar-refractivity contribution in [2.45, 2.75) is 60.1 Å². The number of hydrogen-bond donors (Lipinski definition) is 1. The minimum atomic E-state index is -0.449. The van der Waals surface area contributed by atoms with E-state index < -0.39 is 5.60 Å². The molecule has 0 aliphatic heterocycles. The van der Waals surface area contributed by atoms with Gasteiger partial charge in [0, 0.05) is 26.2 Å². The molecule has 0 aliphatic rings. The molecule has 1 rings (SSSR count). The first kappa shape index (κ1) is 19.5. The van der Waals surface area contributed by atoms with Gasteiger partial charge in [0.2, 0.25) is 0 Å². The maximum absolute atomic E-state index is 12.2. The van der Waals surface area contributed by atoms with Crippen molar-refractivity contribution in [1.82, 2.24) is 10.2 Å². The molecular formula is C19H32N2O2. The highest BCUT2D eigenvalue weighted by Crippen LogP contribution is 2.11. The zero-order valence-corrected chi connectivity index (χ0v) is 15.5. The predicted molar refractivity (Wildman–Crippen MR) is 95.7 cm³/mol. The minimum Gasteiger partial charge on any atom is -0.444 e. The normalized spacial score (nSPS) is 11.4. The summed E-state index contributed by atoms with van der Waals surface area (Å²) < 4.78 is 5.46. The molecule has 130 valence electrons. The van der Waals surface area contributed by atoms with Crippen LogP contribution in [0.3, 0.4) is 0 Å². The molecule has 1 aromatic rings. The molecule has 0 saturated heterocycles. The van der Waals surface area contributed by atoms with Crippen molar-refractivity contribution in [3.63, 3.8) is 0 Å². The van der Waals surface area contributed by atoms with Crippen LogP contribution in [0.5, 0.6) is 0 Å². The maximum Gasteiger partial charge on any atom is 0.410 e. The van der Waals surface area contributed by atoms with E-state index in [1.165, 1.54) is 16.7 Å². The molecule has 1 N–H and O–H groups in total. The van der Waals surface area contributed by atoms with E-state index in [-0.39, 0.29) is 6.09 Å². The predicted octanol–water partition coefficient (Wildman–Crippen LogP) is 4.04. The van der Waals surface area contributed by atoms with Gasteiger partial charge in [0.15, 0.2) is 0 Å². The van der Waals surface area contributed by atoms with Crippen molar-refractivity contribution in [3.05, 3.63) is 34.9 Å². The average molecular weight is 320 g/mol. The lowest BCUT2D eigenvalue weighted by Crippen LogP contribution is -2.40. The van der Waals surface area contributed by atoms with Crippen LogP contribution in [0.1, 0.15) is 50.8 Å². The summed E-state index contributed by atoms with van der Waals surface area (Å²) in [5.74, 6) is 0. The second-order valence-electron chi connectivity index (χ2n) is 7.07. The van der Waals surface area contributed by atoms with E-state index in [1.54, 1.807) is 4.90 Å². The quantitative estimate of drug-likeness (QED) is 0.771. The number of rotatable bonds is 7. The van der Waals surface area contributed by atoms with Gasteiger partial charge in [-0.15, -0.1) is 0 Å². The molecule has 0 aliphatic carbocycles. The lowest BCUT2D eigenvalue weighted by Gasteiger charge is -2.27. The van der Waals surface area contributed by atoms with Crippen molar-refractivity contribution in [3.8, 4) is 0 Å². The molecule has 0 unspecified atom stereocenters. The topological polar surface area (TPSA) is 41.6 Å². The molecule has 1 amide bonds. The van der Waals surface area contributed by atoms with E-state index in [2.05, 4.69) is 44.3 Å². The van der Waals surface area contributed by atoms with Gasteiger partial charge in [0.25, 0.3) is 0 Å². The van der Waals surface area contributed by atoms with Gasteiger partial charge in [0.1, 0.15) is 5.60 Å². The number of ether oxygens (including phenoxy) is 1. The van der Waals surface area contributed by atoms with E-state index in [4.69, 9.17) is 4.74 Å². The molecule has 0 heterocycles. The fraction of sp³-hybridized carbons (Fsp3) is 0.632. The van der Waals surface area contributed by atoms with Crippen LogP contribution >= 0.6 is 0 Å². The number of nitrogens with zero attached hydrogens (tertiary/aromatic N) is 1. The van der Waals surface area contributed by atoms with E-state index >= 15 is 0 Å². The van der Waals surface area contributed by atoms with E-state index in [1.807, 2.05) is 20.8 Å². The highest BCUT2D eigenvalue weighted by Gasteiger charge is 2.21. The lowest BCUT2D eigenvalue weighted by atomic mass is 10.1. The Hall–Kier alpha value is -1.55. The van der Waals surface area contributed by atoms with Crippen LogP contribution in [-0.2, 0) is 11.3 Å². The Bertz CT molecular complexity index is 507. The minimum absolute atomic E-state index is 0.229. The summed E-state index contributed by atoms with van der Waals surface area (Å²) >= 11 is 0. The summed E-state index contributed by atoms with van der Waals surface area (Å²) in [4.78, 5) is 14.0. The van der Waals surface area contributed by atoms with Gasteiger partial charge in [-0.3, -0.25) is 0 Å². The summed E-state index contributed by atoms with van der Waals surface area (Å²) in [5.41, 5.74) is 3.42. The first-order valence-corrected chi connectivity index (χ1v) is 8.47. The molecule has 4 heteroatoms. The zero-order chi connectivity index (χ0) is 17.5. The molecule has 0 saturated carbocycles. The van der Waals surface area contributed by atoms with Crippen molar-refractivity contribution in [2.75, 3.05) is 19.6 Å². The highest BCUT2D eigenvalue weighted by molar-refractivity contribution is 5.68. The van der Waals surface area contributed by atoms with Crippen LogP contribution in [-0.4, -0.2) is 36.2 Å². The molecule has 0 spiro atoms. The van der Waals surface area contributed by atoms with Crippen LogP contribution < -0.4 is 5.32 Å². The summed E-state index contributed by atoms with van der Waals surface area (Å²) in [6.45, 7) is 15.0. The van der Waals surface area contributed by atoms with Gasteiger partial charge < -0.3 is 15.0 Å². The largest absolute Gasteiger partial charge is 0.444 e. The summed E-state index contributed by atoms with van der Waals surface area (Å²) in [5, 5.41) is 3.43. The number of aryl methyl sites for hydroxylation is 2. The van der Waals surface area contributed by atoms with Crippen molar-refractivity contribution >= 4 is 6.09 Å². The number of carbonyl (C=O) groups excluding carboxylic acids is 1. The zero-order valence-electron chi connectivity index (χ0n) is 15.5. The van der Waals surface area contributed by atoms with Gasteiger partial charge in [0.05, 0.1) is 0 Å². The number of amides is 1. The van der Waals surface area contributed by atoms with Crippen molar-refractivity contribution < 1.29 is 9.53 Å². The third-order valence-corrected chi connectivity index (χ3v) is 3.52. The number of carbonyl (C=O) groups is 1. The van der Waals surface area contributed by atoms with Crippen LogP contribution in [0, 0.1) is 13.8 Å². The van der Waals surface area contributed by atoms with E-state index in [0.717, 1.165) is 26.1 Å². The Morgan fingerprint density at radius 1 is 1.22 bits per heavy atom. The van der Waals surface area contributed by atoms with Gasteiger partial charge in [-0.1, -0.05) is 30.7 Å². The van der Waals surface area contributed by atoms with E-state index in [0.29, 0.717) is 6.54 Å². The monoisotopic (exact) mass is 320 g/mol. The molecular weight excluding hydrogens is 288 g/mol. The van der Waals surface area contributed by atoms with Gasteiger partial charge >= 0.3 is 6.09 Å². The fourth-order valence-electron chi connectivity index (χ4n) is 2.32. The third kappa shape index (κ3) is 7.51. The summed E-state index contributed by atoms with van der Waals surface area (Å²) in [7, 11) is 0. The Labute approximate surface area is 141 Å². The molecule has 0 bridgehead atoms. The second kappa shape index (κ2) is 8.92. The smallest absolute Gasteiger partial charge is 0.410 e. The van der Waals surface area contributed by atoms with Gasteiger partial charge in [-0.25, -0.2) is 4.79 Å². The average Bonchev–Trinajstić information content (AvgIpc) is 2.43. The molecule has 1 aromatic carbocycles. The van der Waals surface area contributed by atoms with Gasteiger partial charge in [-0.2, -0.15) is 0 Å². The highest BCUT2D eigenvalue weighted by atomic mass is 16.6. The van der Waals surface area contributed by atoms with Crippen LogP contribution in [0.2, 0.25) is 0 Å². The number of benzene rings is 1. The SMILES string of the molecule is CCCN(CCNCc1cc(C)ccc1C)C(=O)OC(C)(C)C. The first-order valence-electron chi connectivity index (χ1n) is 8.47. The van der Waals surface area contributed by atoms with Gasteiger partial charge in [-0.05, 0) is 52.2 Å². The Kier molecular flexibility index (Phi) is 7.56. The van der Waals surface area contributed by atoms with Crippen LogP contribution in [0.4, 0.5) is 4.79 Å². The van der Waals surface area contributed by atoms with Crippen molar-refractivity contribution in [1.29, 1.82) is 0 Å². The summed E-state index contributed by atoms with van der Waals surface area (Å²) in [6.07, 6.45) is 0.698. The van der Waals surface area contributed by atoms with E-state index in [9.17, 15) is 4.79 Å². The standard InChI is InChI=1S/C19H32N2O2/c1-7-11-21(18(22)23-19(4,5)6)12-10-20-14-17-13-15(2)8-9-16(17)3/h8-9,13,20H,7,10-12,14H2,1-6H3. The maximum atomic E-state index is 12.2. The molecule has 0 fully saturated rings. The molecule has 4 nitrogen and oxygen atoms in total. The Balaban J connectivity index is 2.46. The first-order chi connectivity index (χ1) is 10.7. The fourth-order valence-corrected chi connectivity index (χ4v) is 2.32. The number of hydrogen-bond acceptors (Lipinski definition) is 3. The number of nitrogens with one attached hydrogen (secondary N) is 1. The van der Waals surface area contributed by atoms with Crippen LogP contribution in [0.15, 0.2) is 18.2 Å². The lowest BCUT2D eigenvalue weighted by molar-refractivity contribution is 0.0252. The molecule has 0 atom stereocenters. The molecule has 0 radical (unpaired) electrons. The second-order valence-corrected chi connectivity index (χ2v) is 7.07. The Morgan fingerprint density at radius 3 is 2.52 bits per heavy atom. The molecule has 23 heavy (non-hydrogen) atoms. The molecule has 0 aromatic heterocycles. The third-order valence-electron chi connectivity index (χ3n) is 3.52. The Morgan fingerprint density at radius 2 is 1.91 bits per heavy atom. The van der Waals surface area contributed by atoms with Crippen molar-refractivity contribution in [2.24, 2.45) is 0 Å².